The molecule has 3 heteroatoms. The Morgan fingerprint density at radius 1 is 1.16 bits per heavy atom. The third-order valence-electron chi connectivity index (χ3n) is 4.83. The van der Waals surface area contributed by atoms with Gasteiger partial charge in [-0.1, -0.05) is 12.5 Å². The first-order chi connectivity index (χ1) is 9.16. The van der Waals surface area contributed by atoms with Gasteiger partial charge >= 0.3 is 0 Å². The van der Waals surface area contributed by atoms with E-state index in [2.05, 4.69) is 16.3 Å². The number of benzene rings is 1. The Bertz CT molecular complexity index is 472. The highest BCUT2D eigenvalue weighted by atomic mass is 16.3. The van der Waals surface area contributed by atoms with Gasteiger partial charge in [0.1, 0.15) is 5.75 Å². The molecule has 2 aliphatic heterocycles. The van der Waals surface area contributed by atoms with Crippen LogP contribution in [0.15, 0.2) is 12.1 Å². The molecule has 2 N–H and O–H groups in total. The quantitative estimate of drug-likeness (QED) is 0.858. The zero-order chi connectivity index (χ0) is 13.4. The summed E-state index contributed by atoms with van der Waals surface area (Å²) in [5.41, 5.74) is 3.03. The number of phenolic OH excluding ortho intramolecular Hbond substituents is 1. The van der Waals surface area contributed by atoms with Crippen LogP contribution in [-0.4, -0.2) is 35.2 Å². The minimum atomic E-state index is 0.434. The molecule has 1 aromatic carbocycles. The van der Waals surface area contributed by atoms with Gasteiger partial charge in [-0.05, 0) is 51.3 Å². The van der Waals surface area contributed by atoms with Crippen molar-refractivity contribution < 1.29 is 5.11 Å². The fourth-order valence-corrected chi connectivity index (χ4v) is 3.61. The summed E-state index contributed by atoms with van der Waals surface area (Å²) in [7, 11) is 0. The van der Waals surface area contributed by atoms with Gasteiger partial charge in [0.2, 0.25) is 0 Å². The van der Waals surface area contributed by atoms with Gasteiger partial charge in [0.05, 0.1) is 0 Å². The van der Waals surface area contributed by atoms with Gasteiger partial charge in [-0.15, -0.1) is 0 Å². The maximum atomic E-state index is 10.0. The molecule has 1 aromatic rings. The van der Waals surface area contributed by atoms with E-state index < -0.39 is 0 Å². The van der Waals surface area contributed by atoms with E-state index in [9.17, 15) is 5.11 Å². The molecule has 19 heavy (non-hydrogen) atoms. The van der Waals surface area contributed by atoms with Gasteiger partial charge in [0.15, 0.2) is 0 Å². The Morgan fingerprint density at radius 2 is 2.00 bits per heavy atom. The lowest BCUT2D eigenvalue weighted by Crippen LogP contribution is -2.41. The number of aryl methyl sites for hydroxylation is 1. The van der Waals surface area contributed by atoms with Crippen molar-refractivity contribution in [2.45, 2.75) is 51.6 Å². The topological polar surface area (TPSA) is 35.5 Å². The Kier molecular flexibility index (Phi) is 3.40. The number of hydrogen-bond donors (Lipinski definition) is 2. The van der Waals surface area contributed by atoms with Crippen molar-refractivity contribution in [2.75, 3.05) is 18.4 Å². The number of anilines is 1. The standard InChI is InChI=1S/C16H24N2O/c1-11-6-7-13(12(2)16(11)19)17-14-8-10-18-9-4-3-5-15(14)18/h6-7,14-15,17,19H,3-5,8-10H2,1-2H3. The van der Waals surface area contributed by atoms with Crippen LogP contribution in [0.2, 0.25) is 0 Å². The molecule has 0 amide bonds. The fraction of sp³-hybridized carbons (Fsp3) is 0.625. The van der Waals surface area contributed by atoms with Crippen LogP contribution in [0.4, 0.5) is 5.69 Å². The number of hydrogen-bond acceptors (Lipinski definition) is 3. The minimum Gasteiger partial charge on any atom is -0.507 e. The van der Waals surface area contributed by atoms with E-state index in [1.807, 2.05) is 19.9 Å². The number of aromatic hydroxyl groups is 1. The highest BCUT2D eigenvalue weighted by Crippen LogP contribution is 2.33. The Labute approximate surface area is 115 Å². The Hall–Kier alpha value is -1.22. The van der Waals surface area contributed by atoms with Gasteiger partial charge in [0.25, 0.3) is 0 Å². The minimum absolute atomic E-state index is 0.434. The van der Waals surface area contributed by atoms with Gasteiger partial charge in [-0.3, -0.25) is 4.90 Å². The van der Waals surface area contributed by atoms with Crippen LogP contribution < -0.4 is 5.32 Å². The average molecular weight is 260 g/mol. The van der Waals surface area contributed by atoms with Crippen molar-refractivity contribution in [1.29, 1.82) is 0 Å². The molecule has 2 atom stereocenters. The van der Waals surface area contributed by atoms with E-state index >= 15 is 0 Å². The lowest BCUT2D eigenvalue weighted by molar-refractivity contribution is 0.192. The summed E-state index contributed by atoms with van der Waals surface area (Å²) < 4.78 is 0. The number of rotatable bonds is 2. The molecule has 0 spiro atoms. The van der Waals surface area contributed by atoms with E-state index in [0.717, 1.165) is 16.8 Å². The molecule has 2 saturated heterocycles. The molecule has 3 rings (SSSR count). The molecule has 2 unspecified atom stereocenters. The summed E-state index contributed by atoms with van der Waals surface area (Å²) in [5.74, 6) is 0.434. The van der Waals surface area contributed by atoms with Crippen LogP contribution in [-0.2, 0) is 0 Å². The molecule has 2 heterocycles. The monoisotopic (exact) mass is 260 g/mol. The number of fused-ring (bicyclic) bond motifs is 1. The second kappa shape index (κ2) is 5.04. The molecular formula is C16H24N2O. The first-order valence-corrected chi connectivity index (χ1v) is 7.46. The maximum absolute atomic E-state index is 10.0. The van der Waals surface area contributed by atoms with Crippen molar-refractivity contribution in [2.24, 2.45) is 0 Å². The normalized spacial score (nSPS) is 27.3. The van der Waals surface area contributed by atoms with Crippen molar-refractivity contribution >= 4 is 5.69 Å². The van der Waals surface area contributed by atoms with Crippen LogP contribution in [0.1, 0.15) is 36.8 Å². The van der Waals surface area contributed by atoms with Gasteiger partial charge in [0, 0.05) is 29.9 Å². The molecule has 2 fully saturated rings. The smallest absolute Gasteiger partial charge is 0.123 e. The van der Waals surface area contributed by atoms with E-state index in [-0.39, 0.29) is 0 Å². The van der Waals surface area contributed by atoms with Crippen LogP contribution >= 0.6 is 0 Å². The van der Waals surface area contributed by atoms with E-state index in [1.54, 1.807) is 0 Å². The van der Waals surface area contributed by atoms with Crippen LogP contribution in [0, 0.1) is 13.8 Å². The first-order valence-electron chi connectivity index (χ1n) is 7.46. The SMILES string of the molecule is Cc1ccc(NC2CCN3CCCCC23)c(C)c1O. The number of nitrogens with zero attached hydrogens (tertiary/aromatic N) is 1. The lowest BCUT2D eigenvalue weighted by Gasteiger charge is -2.33. The summed E-state index contributed by atoms with van der Waals surface area (Å²) in [4.78, 5) is 2.63. The van der Waals surface area contributed by atoms with Crippen molar-refractivity contribution in [3.63, 3.8) is 0 Å². The maximum Gasteiger partial charge on any atom is 0.123 e. The van der Waals surface area contributed by atoms with Gasteiger partial charge in [-0.25, -0.2) is 0 Å². The summed E-state index contributed by atoms with van der Waals surface area (Å²) in [5, 5.41) is 13.7. The predicted molar refractivity (Wildman–Crippen MR) is 78.8 cm³/mol. The fourth-order valence-electron chi connectivity index (χ4n) is 3.61. The molecule has 104 valence electrons. The zero-order valence-corrected chi connectivity index (χ0v) is 11.9. The molecule has 0 saturated carbocycles. The van der Waals surface area contributed by atoms with E-state index in [0.29, 0.717) is 17.8 Å². The summed E-state index contributed by atoms with van der Waals surface area (Å²) in [6.45, 7) is 6.43. The lowest BCUT2D eigenvalue weighted by atomic mass is 9.98. The van der Waals surface area contributed by atoms with Crippen molar-refractivity contribution in [3.8, 4) is 5.75 Å². The third kappa shape index (κ3) is 2.32. The number of nitrogens with one attached hydrogen (secondary N) is 1. The van der Waals surface area contributed by atoms with Crippen LogP contribution in [0.25, 0.3) is 0 Å². The second-order valence-corrected chi connectivity index (χ2v) is 6.04. The predicted octanol–water partition coefficient (Wildman–Crippen LogP) is 3.05. The summed E-state index contributed by atoms with van der Waals surface area (Å²) in [6.07, 6.45) is 5.25. The zero-order valence-electron chi connectivity index (χ0n) is 11.9. The largest absolute Gasteiger partial charge is 0.507 e. The van der Waals surface area contributed by atoms with E-state index in [4.69, 9.17) is 0 Å². The molecule has 0 bridgehead atoms. The summed E-state index contributed by atoms with van der Waals surface area (Å²) in [6, 6.07) is 5.34. The third-order valence-corrected chi connectivity index (χ3v) is 4.83. The highest BCUT2D eigenvalue weighted by Gasteiger charge is 2.35. The highest BCUT2D eigenvalue weighted by molar-refractivity contribution is 5.59. The molecule has 0 aromatic heterocycles. The number of piperidine rings is 1. The molecule has 3 nitrogen and oxygen atoms in total. The van der Waals surface area contributed by atoms with Crippen LogP contribution in [0.5, 0.6) is 5.75 Å². The number of phenols is 1. The average Bonchev–Trinajstić information content (AvgIpc) is 2.83. The summed E-state index contributed by atoms with van der Waals surface area (Å²) >= 11 is 0. The molecule has 0 aliphatic carbocycles. The molecule has 2 aliphatic rings. The Balaban J connectivity index is 1.77. The Morgan fingerprint density at radius 3 is 2.84 bits per heavy atom. The molecule has 0 radical (unpaired) electrons. The first kappa shape index (κ1) is 12.8. The van der Waals surface area contributed by atoms with Crippen molar-refractivity contribution in [3.05, 3.63) is 23.3 Å². The van der Waals surface area contributed by atoms with Crippen molar-refractivity contribution in [1.82, 2.24) is 4.90 Å². The van der Waals surface area contributed by atoms with Crippen LogP contribution in [0.3, 0.4) is 0 Å². The van der Waals surface area contributed by atoms with Gasteiger partial charge in [-0.2, -0.15) is 0 Å². The van der Waals surface area contributed by atoms with E-state index in [1.165, 1.54) is 38.8 Å². The molecular weight excluding hydrogens is 236 g/mol. The second-order valence-electron chi connectivity index (χ2n) is 6.04. The van der Waals surface area contributed by atoms with Gasteiger partial charge < -0.3 is 10.4 Å².